The summed E-state index contributed by atoms with van der Waals surface area (Å²) in [6, 6.07) is 9.77. The van der Waals surface area contributed by atoms with Crippen LogP contribution in [0.25, 0.3) is 0 Å². The number of nitrogens with two attached hydrogens (primary N) is 2. The first-order valence-electron chi connectivity index (χ1n) is 4.57. The van der Waals surface area contributed by atoms with Gasteiger partial charge in [-0.1, -0.05) is 18.2 Å². The molecule has 1 amide bonds. The second-order valence-electron chi connectivity index (χ2n) is 3.49. The second kappa shape index (κ2) is 4.51. The van der Waals surface area contributed by atoms with Crippen molar-refractivity contribution in [3.8, 4) is 0 Å². The quantitative estimate of drug-likeness (QED) is 0.764. The Bertz CT molecular complexity index is 344. The molecule has 1 fully saturated rings. The molecule has 1 aromatic carbocycles. The molecular weight excluding hydrogens is 214 g/mol. The van der Waals surface area contributed by atoms with E-state index < -0.39 is 0 Å². The summed E-state index contributed by atoms with van der Waals surface area (Å²) >= 11 is 0. The maximum atomic E-state index is 10.9. The predicted molar refractivity (Wildman–Crippen MR) is 61.7 cm³/mol. The molecule has 0 radical (unpaired) electrons. The maximum absolute atomic E-state index is 10.9. The third-order valence-electron chi connectivity index (χ3n) is 2.62. The molecule has 1 aliphatic rings. The van der Waals surface area contributed by atoms with Crippen molar-refractivity contribution in [3.63, 3.8) is 0 Å². The van der Waals surface area contributed by atoms with Crippen LogP contribution in [0.1, 0.15) is 0 Å². The van der Waals surface area contributed by atoms with Crippen molar-refractivity contribution in [1.29, 1.82) is 0 Å². The van der Waals surface area contributed by atoms with Crippen LogP contribution in [0, 0.1) is 5.92 Å². The monoisotopic (exact) mass is 227 g/mol. The fourth-order valence-electron chi connectivity index (χ4n) is 1.68. The van der Waals surface area contributed by atoms with Crippen LogP contribution in [0.3, 0.4) is 0 Å². The van der Waals surface area contributed by atoms with Gasteiger partial charge >= 0.3 is 0 Å². The van der Waals surface area contributed by atoms with Gasteiger partial charge in [-0.25, -0.2) is 0 Å². The largest absolute Gasteiger partial charge is 0.369 e. The Balaban J connectivity index is 0.00000112. The number of halogens is 1. The van der Waals surface area contributed by atoms with Gasteiger partial charge in [-0.15, -0.1) is 12.4 Å². The molecule has 0 aromatic heterocycles. The Labute approximate surface area is 94.6 Å². The van der Waals surface area contributed by atoms with E-state index in [1.54, 1.807) is 0 Å². The van der Waals surface area contributed by atoms with Crippen LogP contribution in [0.2, 0.25) is 0 Å². The van der Waals surface area contributed by atoms with Crippen molar-refractivity contribution in [2.75, 3.05) is 11.4 Å². The Morgan fingerprint density at radius 1 is 1.33 bits per heavy atom. The minimum absolute atomic E-state index is 0. The first-order valence-corrected chi connectivity index (χ1v) is 4.57. The summed E-state index contributed by atoms with van der Waals surface area (Å²) in [5.74, 6) is -0.528. The minimum Gasteiger partial charge on any atom is -0.369 e. The van der Waals surface area contributed by atoms with E-state index in [2.05, 4.69) is 0 Å². The molecule has 5 heteroatoms. The molecule has 1 heterocycles. The molecule has 1 aliphatic heterocycles. The molecule has 0 bridgehead atoms. The maximum Gasteiger partial charge on any atom is 0.225 e. The van der Waals surface area contributed by atoms with Gasteiger partial charge < -0.3 is 16.4 Å². The van der Waals surface area contributed by atoms with E-state index in [9.17, 15) is 4.79 Å². The molecule has 2 atom stereocenters. The summed E-state index contributed by atoms with van der Waals surface area (Å²) in [6.07, 6.45) is -0.269. The molecule has 82 valence electrons. The van der Waals surface area contributed by atoms with Crippen molar-refractivity contribution < 1.29 is 4.79 Å². The van der Waals surface area contributed by atoms with Gasteiger partial charge in [-0.05, 0) is 12.1 Å². The van der Waals surface area contributed by atoms with Crippen molar-refractivity contribution in [2.45, 2.75) is 6.17 Å². The standard InChI is InChI=1S/C10H13N3O.ClH/c11-9-8(10(12)14)6-13(9)7-4-2-1-3-5-7;/h1-5,8-9H,6,11H2,(H2,12,14);1H. The fourth-order valence-corrected chi connectivity index (χ4v) is 1.68. The van der Waals surface area contributed by atoms with Gasteiger partial charge in [0.25, 0.3) is 0 Å². The van der Waals surface area contributed by atoms with Gasteiger partial charge in [-0.3, -0.25) is 4.79 Å². The molecule has 1 saturated heterocycles. The lowest BCUT2D eigenvalue weighted by molar-refractivity contribution is -0.123. The summed E-state index contributed by atoms with van der Waals surface area (Å²) < 4.78 is 0. The van der Waals surface area contributed by atoms with E-state index >= 15 is 0 Å². The lowest BCUT2D eigenvalue weighted by Gasteiger charge is -2.45. The smallest absolute Gasteiger partial charge is 0.225 e. The van der Waals surface area contributed by atoms with Crippen molar-refractivity contribution in [3.05, 3.63) is 30.3 Å². The number of rotatable bonds is 2. The molecule has 2 rings (SSSR count). The average Bonchev–Trinajstić information content (AvgIpc) is 2.17. The molecule has 4 N–H and O–H groups in total. The van der Waals surface area contributed by atoms with Crippen molar-refractivity contribution in [2.24, 2.45) is 17.4 Å². The Morgan fingerprint density at radius 2 is 1.93 bits per heavy atom. The van der Waals surface area contributed by atoms with Crippen LogP contribution in [0.5, 0.6) is 0 Å². The first-order chi connectivity index (χ1) is 6.70. The highest BCUT2D eigenvalue weighted by Gasteiger charge is 2.39. The second-order valence-corrected chi connectivity index (χ2v) is 3.49. The highest BCUT2D eigenvalue weighted by atomic mass is 35.5. The number of para-hydroxylation sites is 1. The van der Waals surface area contributed by atoms with Gasteiger partial charge in [0.2, 0.25) is 5.91 Å². The number of carbonyl (C=O) groups excluding carboxylic acids is 1. The summed E-state index contributed by atoms with van der Waals surface area (Å²) in [7, 11) is 0. The van der Waals surface area contributed by atoms with Crippen LogP contribution in [-0.2, 0) is 4.79 Å². The van der Waals surface area contributed by atoms with Gasteiger partial charge in [0.15, 0.2) is 0 Å². The molecule has 0 spiro atoms. The lowest BCUT2D eigenvalue weighted by Crippen LogP contribution is -2.65. The number of carbonyl (C=O) groups is 1. The predicted octanol–water partition coefficient (Wildman–Crippen LogP) is 0.315. The zero-order chi connectivity index (χ0) is 10.1. The van der Waals surface area contributed by atoms with Gasteiger partial charge in [0, 0.05) is 12.2 Å². The lowest BCUT2D eigenvalue weighted by atomic mass is 9.94. The Kier molecular flexibility index (Phi) is 3.55. The summed E-state index contributed by atoms with van der Waals surface area (Å²) in [6.45, 7) is 0.626. The number of nitrogens with zero attached hydrogens (tertiary/aromatic N) is 1. The number of anilines is 1. The first kappa shape index (κ1) is 11.8. The highest BCUT2D eigenvalue weighted by Crippen LogP contribution is 2.27. The number of amides is 1. The number of primary amides is 1. The van der Waals surface area contributed by atoms with Crippen molar-refractivity contribution in [1.82, 2.24) is 0 Å². The van der Waals surface area contributed by atoms with Gasteiger partial charge in [-0.2, -0.15) is 0 Å². The third kappa shape index (κ3) is 2.06. The topological polar surface area (TPSA) is 72.4 Å². The van der Waals surface area contributed by atoms with E-state index in [-0.39, 0.29) is 30.4 Å². The zero-order valence-corrected chi connectivity index (χ0v) is 8.98. The fraction of sp³-hybridized carbons (Fsp3) is 0.300. The molecule has 0 aliphatic carbocycles. The van der Waals surface area contributed by atoms with Crippen LogP contribution >= 0.6 is 12.4 Å². The average molecular weight is 228 g/mol. The molecule has 0 saturated carbocycles. The Morgan fingerprint density at radius 3 is 2.40 bits per heavy atom. The third-order valence-corrected chi connectivity index (χ3v) is 2.62. The van der Waals surface area contributed by atoms with Crippen molar-refractivity contribution >= 4 is 24.0 Å². The molecule has 1 aromatic rings. The molecule has 15 heavy (non-hydrogen) atoms. The summed E-state index contributed by atoms with van der Waals surface area (Å²) in [5.41, 5.74) is 12.0. The van der Waals surface area contributed by atoms with E-state index in [1.807, 2.05) is 35.2 Å². The van der Waals surface area contributed by atoms with Gasteiger partial charge in [0.05, 0.1) is 12.1 Å². The number of hydrogen-bond donors (Lipinski definition) is 2. The summed E-state index contributed by atoms with van der Waals surface area (Å²) in [4.78, 5) is 12.9. The highest BCUT2D eigenvalue weighted by molar-refractivity contribution is 5.85. The minimum atomic E-state index is -0.315. The molecule has 2 unspecified atom stereocenters. The molecular formula is C10H14ClN3O. The summed E-state index contributed by atoms with van der Waals surface area (Å²) in [5, 5.41) is 0. The Hall–Kier alpha value is -1.26. The van der Waals surface area contributed by atoms with E-state index in [4.69, 9.17) is 11.5 Å². The van der Waals surface area contributed by atoms with Gasteiger partial charge in [0.1, 0.15) is 0 Å². The van der Waals surface area contributed by atoms with Crippen LogP contribution in [-0.4, -0.2) is 18.6 Å². The zero-order valence-electron chi connectivity index (χ0n) is 8.17. The SMILES string of the molecule is Cl.NC(=O)C1CN(c2ccccc2)C1N. The van der Waals surface area contributed by atoms with Crippen LogP contribution in [0.15, 0.2) is 30.3 Å². The normalized spacial score (nSPS) is 23.9. The van der Waals surface area contributed by atoms with E-state index in [0.717, 1.165) is 5.69 Å². The van der Waals surface area contributed by atoms with Crippen LogP contribution in [0.4, 0.5) is 5.69 Å². The molecule has 4 nitrogen and oxygen atoms in total. The van der Waals surface area contributed by atoms with E-state index in [0.29, 0.717) is 6.54 Å². The van der Waals surface area contributed by atoms with Crippen LogP contribution < -0.4 is 16.4 Å². The van der Waals surface area contributed by atoms with E-state index in [1.165, 1.54) is 0 Å². The number of benzene rings is 1. The number of hydrogen-bond acceptors (Lipinski definition) is 3.